The van der Waals surface area contributed by atoms with E-state index in [9.17, 15) is 9.90 Å². The normalized spacial score (nSPS) is 12.1. The van der Waals surface area contributed by atoms with Crippen LogP contribution in [-0.2, 0) is 6.54 Å². The van der Waals surface area contributed by atoms with E-state index in [-0.39, 0.29) is 6.03 Å². The number of carbonyl (C=O) groups is 1. The van der Waals surface area contributed by atoms with Gasteiger partial charge in [0.2, 0.25) is 0 Å². The molecule has 0 radical (unpaired) electrons. The molecule has 0 fully saturated rings. The van der Waals surface area contributed by atoms with Crippen LogP contribution in [0.4, 0.5) is 4.79 Å². The Morgan fingerprint density at radius 2 is 2.26 bits per heavy atom. The van der Waals surface area contributed by atoms with Crippen LogP contribution in [0.25, 0.3) is 0 Å². The van der Waals surface area contributed by atoms with Gasteiger partial charge in [0.25, 0.3) is 0 Å². The number of carbonyl (C=O) groups excluding carboxylic acids is 1. The number of amides is 2. The fourth-order valence-electron chi connectivity index (χ4n) is 1.59. The van der Waals surface area contributed by atoms with Crippen molar-refractivity contribution in [2.75, 3.05) is 6.54 Å². The Balaban J connectivity index is 1.61. The van der Waals surface area contributed by atoms with E-state index in [1.54, 1.807) is 23.5 Å². The molecule has 0 aliphatic carbocycles. The first kappa shape index (κ1) is 13.6. The van der Waals surface area contributed by atoms with Gasteiger partial charge in [-0.3, -0.25) is 0 Å². The van der Waals surface area contributed by atoms with Gasteiger partial charge in [-0.15, -0.1) is 11.3 Å². The molecule has 1 atom stereocenters. The summed E-state index contributed by atoms with van der Waals surface area (Å²) in [6.07, 6.45) is 1.24. The average molecular weight is 280 g/mol. The van der Waals surface area contributed by atoms with E-state index in [4.69, 9.17) is 4.42 Å². The van der Waals surface area contributed by atoms with Crippen LogP contribution >= 0.6 is 11.3 Å². The second-order valence-electron chi connectivity index (χ2n) is 4.01. The van der Waals surface area contributed by atoms with Gasteiger partial charge in [-0.2, -0.15) is 0 Å². The van der Waals surface area contributed by atoms with Crippen molar-refractivity contribution in [1.82, 2.24) is 10.6 Å². The molecule has 2 aromatic heterocycles. The van der Waals surface area contributed by atoms with Gasteiger partial charge in [0.15, 0.2) is 0 Å². The summed E-state index contributed by atoms with van der Waals surface area (Å²) in [6.45, 7) is 0.905. The van der Waals surface area contributed by atoms with Crippen molar-refractivity contribution in [2.45, 2.75) is 19.1 Å². The van der Waals surface area contributed by atoms with Gasteiger partial charge in [-0.25, -0.2) is 4.79 Å². The molecule has 0 saturated carbocycles. The lowest BCUT2D eigenvalue weighted by atomic mass is 10.2. The second kappa shape index (κ2) is 6.96. The first-order valence-electron chi connectivity index (χ1n) is 6.01. The van der Waals surface area contributed by atoms with E-state index < -0.39 is 6.10 Å². The van der Waals surface area contributed by atoms with Crippen LogP contribution in [0.15, 0.2) is 40.3 Å². The molecule has 0 bridgehead atoms. The third-order valence-corrected chi connectivity index (χ3v) is 3.45. The molecule has 2 heterocycles. The third kappa shape index (κ3) is 4.42. The van der Waals surface area contributed by atoms with Crippen molar-refractivity contribution in [2.24, 2.45) is 0 Å². The van der Waals surface area contributed by atoms with Crippen molar-refractivity contribution in [3.05, 3.63) is 46.5 Å². The standard InChI is InChI=1S/C13H16N2O3S/c16-11(12-4-1-7-18-12)5-6-14-13(17)15-9-10-3-2-8-19-10/h1-4,7-8,11,16H,5-6,9H2,(H2,14,15,17)/t11-/m1/s1. The van der Waals surface area contributed by atoms with Gasteiger partial charge in [0.1, 0.15) is 11.9 Å². The van der Waals surface area contributed by atoms with Gasteiger partial charge in [-0.05, 0) is 30.0 Å². The van der Waals surface area contributed by atoms with E-state index in [2.05, 4.69) is 10.6 Å². The third-order valence-electron chi connectivity index (χ3n) is 2.58. The number of hydrogen-bond acceptors (Lipinski definition) is 4. The summed E-state index contributed by atoms with van der Waals surface area (Å²) in [7, 11) is 0. The van der Waals surface area contributed by atoms with Crippen molar-refractivity contribution in [3.8, 4) is 0 Å². The minimum Gasteiger partial charge on any atom is -0.467 e. The van der Waals surface area contributed by atoms with Crippen LogP contribution in [-0.4, -0.2) is 17.7 Å². The molecule has 102 valence electrons. The zero-order valence-corrected chi connectivity index (χ0v) is 11.2. The molecule has 0 unspecified atom stereocenters. The van der Waals surface area contributed by atoms with E-state index in [0.29, 0.717) is 25.3 Å². The molecule has 2 amide bonds. The quantitative estimate of drug-likeness (QED) is 0.760. The topological polar surface area (TPSA) is 74.5 Å². The Hall–Kier alpha value is -1.79. The number of aliphatic hydroxyl groups excluding tert-OH is 1. The lowest BCUT2D eigenvalue weighted by Gasteiger charge is -2.09. The highest BCUT2D eigenvalue weighted by molar-refractivity contribution is 7.09. The second-order valence-corrected chi connectivity index (χ2v) is 5.04. The molecule has 3 N–H and O–H groups in total. The highest BCUT2D eigenvalue weighted by atomic mass is 32.1. The Kier molecular flexibility index (Phi) is 5.00. The Morgan fingerprint density at radius 1 is 1.37 bits per heavy atom. The number of urea groups is 1. The first-order valence-corrected chi connectivity index (χ1v) is 6.89. The van der Waals surface area contributed by atoms with E-state index in [1.165, 1.54) is 6.26 Å². The number of thiophene rings is 1. The largest absolute Gasteiger partial charge is 0.467 e. The number of furan rings is 1. The predicted octanol–water partition coefficient (Wildman–Crippen LogP) is 2.26. The van der Waals surface area contributed by atoms with Crippen LogP contribution in [0.2, 0.25) is 0 Å². The van der Waals surface area contributed by atoms with Gasteiger partial charge in [0.05, 0.1) is 12.8 Å². The smallest absolute Gasteiger partial charge is 0.315 e. The molecule has 19 heavy (non-hydrogen) atoms. The highest BCUT2D eigenvalue weighted by Crippen LogP contribution is 2.15. The summed E-state index contributed by atoms with van der Waals surface area (Å²) < 4.78 is 5.07. The zero-order valence-electron chi connectivity index (χ0n) is 10.3. The fraction of sp³-hybridized carbons (Fsp3) is 0.308. The summed E-state index contributed by atoms with van der Waals surface area (Å²) in [4.78, 5) is 12.6. The highest BCUT2D eigenvalue weighted by Gasteiger charge is 2.10. The molecule has 2 aromatic rings. The van der Waals surface area contributed by atoms with Crippen LogP contribution in [0, 0.1) is 0 Å². The Morgan fingerprint density at radius 3 is 2.95 bits per heavy atom. The predicted molar refractivity (Wildman–Crippen MR) is 72.8 cm³/mol. The summed E-state index contributed by atoms with van der Waals surface area (Å²) in [5.74, 6) is 0.515. The van der Waals surface area contributed by atoms with Crippen molar-refractivity contribution in [1.29, 1.82) is 0 Å². The maximum absolute atomic E-state index is 11.5. The van der Waals surface area contributed by atoms with Crippen molar-refractivity contribution >= 4 is 17.4 Å². The maximum Gasteiger partial charge on any atom is 0.315 e. The van der Waals surface area contributed by atoms with Crippen molar-refractivity contribution in [3.63, 3.8) is 0 Å². The van der Waals surface area contributed by atoms with Crippen molar-refractivity contribution < 1.29 is 14.3 Å². The lowest BCUT2D eigenvalue weighted by molar-refractivity contribution is 0.140. The monoisotopic (exact) mass is 280 g/mol. The summed E-state index contributed by atoms with van der Waals surface area (Å²) in [6, 6.07) is 7.10. The molecule has 0 aromatic carbocycles. The molecular weight excluding hydrogens is 264 g/mol. The number of hydrogen-bond donors (Lipinski definition) is 3. The fourth-order valence-corrected chi connectivity index (χ4v) is 2.23. The molecule has 0 aliphatic rings. The van der Waals surface area contributed by atoms with Gasteiger partial charge >= 0.3 is 6.03 Å². The summed E-state index contributed by atoms with van der Waals surface area (Å²) in [5.41, 5.74) is 0. The first-order chi connectivity index (χ1) is 9.25. The molecule has 5 nitrogen and oxygen atoms in total. The van der Waals surface area contributed by atoms with Crippen LogP contribution in [0.3, 0.4) is 0 Å². The van der Waals surface area contributed by atoms with Gasteiger partial charge < -0.3 is 20.2 Å². The zero-order chi connectivity index (χ0) is 13.5. The van der Waals surface area contributed by atoms with Crippen LogP contribution in [0.5, 0.6) is 0 Å². The van der Waals surface area contributed by atoms with E-state index in [0.717, 1.165) is 4.88 Å². The number of nitrogens with one attached hydrogen (secondary N) is 2. The average Bonchev–Trinajstić information content (AvgIpc) is 3.09. The maximum atomic E-state index is 11.5. The van der Waals surface area contributed by atoms with Gasteiger partial charge in [-0.1, -0.05) is 6.07 Å². The van der Waals surface area contributed by atoms with Crippen LogP contribution in [0.1, 0.15) is 23.2 Å². The van der Waals surface area contributed by atoms with E-state index in [1.807, 2.05) is 17.5 Å². The Bertz CT molecular complexity index is 482. The number of aliphatic hydroxyl groups is 1. The summed E-state index contributed by atoms with van der Waals surface area (Å²) >= 11 is 1.60. The molecule has 0 saturated heterocycles. The molecule has 2 rings (SSSR count). The van der Waals surface area contributed by atoms with Crippen LogP contribution < -0.4 is 10.6 Å². The molecular formula is C13H16N2O3S. The minimum atomic E-state index is -0.687. The molecule has 0 aliphatic heterocycles. The lowest BCUT2D eigenvalue weighted by Crippen LogP contribution is -2.35. The minimum absolute atomic E-state index is 0.236. The Labute approximate surface area is 115 Å². The van der Waals surface area contributed by atoms with E-state index >= 15 is 0 Å². The molecule has 6 heteroatoms. The number of rotatable bonds is 6. The van der Waals surface area contributed by atoms with Gasteiger partial charge in [0, 0.05) is 11.4 Å². The summed E-state index contributed by atoms with van der Waals surface area (Å²) in [5, 5.41) is 17.1. The molecule has 0 spiro atoms. The SMILES string of the molecule is O=C(NCC[C@@H](O)c1ccco1)NCc1cccs1.